The predicted molar refractivity (Wildman–Crippen MR) is 513 cm³/mol. The van der Waals surface area contributed by atoms with Gasteiger partial charge in [0, 0.05) is 0 Å². The van der Waals surface area contributed by atoms with Gasteiger partial charge in [0.1, 0.15) is 0 Å². The summed E-state index contributed by atoms with van der Waals surface area (Å²) < 4.78 is 0. The van der Waals surface area contributed by atoms with Gasteiger partial charge in [-0.3, -0.25) is 0 Å². The van der Waals surface area contributed by atoms with Gasteiger partial charge in [0.2, 0.25) is 0 Å². The van der Waals surface area contributed by atoms with Crippen LogP contribution in [0.15, 0.2) is 467 Å². The Bertz CT molecular complexity index is 7280. The maximum Gasteiger partial charge on any atom is -0.00259 e. The molecule has 0 radical (unpaired) electrons. The zero-order chi connectivity index (χ0) is 79.1. The van der Waals surface area contributed by atoms with Gasteiger partial charge in [-0.15, -0.1) is 0 Å². The highest BCUT2D eigenvalue weighted by molar-refractivity contribution is 6.25. The molecule has 23 aromatic rings. The van der Waals surface area contributed by atoms with E-state index < -0.39 is 0 Å². The minimum atomic E-state index is 1.21. The van der Waals surface area contributed by atoms with E-state index in [1.165, 1.54) is 225 Å². The monoisotopic (exact) mass is 1510 g/mol. The van der Waals surface area contributed by atoms with Crippen LogP contribution >= 0.6 is 0 Å². The SMILES string of the molecule is Cc1ccc2c(-c3ccc4ccccc4c3)c3ccccc3c(-c3ccc4ccccc4c3)c2c1.c1ccc(-c2cc(-c3ccccc3)cc(-c3c4ccccc4c(-c4cc(-c5ccccc5)cc(-c5ccccc5)c4)c4ccccc34)c2)cc1.c1ccc2cc(-c3c4ccccc4c(-c4ccc5ccccc5c4)c4ccccc34)ccc2c1. The highest BCUT2D eigenvalue weighted by Crippen LogP contribution is 2.50. The van der Waals surface area contributed by atoms with Crippen molar-refractivity contribution in [2.24, 2.45) is 0 Å². The number of aryl methyl sites for hydroxylation is 1. The number of hydrogen-bond acceptors (Lipinski definition) is 0. The Morgan fingerprint density at radius 2 is 0.286 bits per heavy atom. The largest absolute Gasteiger partial charge is 0.0622 e. The van der Waals surface area contributed by atoms with E-state index in [1.54, 1.807) is 0 Å². The molecule has 0 N–H and O–H groups in total. The normalized spacial score (nSPS) is 11.4. The van der Waals surface area contributed by atoms with Crippen molar-refractivity contribution in [1.29, 1.82) is 0 Å². The van der Waals surface area contributed by atoms with Crippen molar-refractivity contribution >= 4 is 108 Å². The van der Waals surface area contributed by atoms with Crippen LogP contribution in [-0.2, 0) is 0 Å². The highest BCUT2D eigenvalue weighted by atomic mass is 14.3. The van der Waals surface area contributed by atoms with Gasteiger partial charge >= 0.3 is 0 Å². The van der Waals surface area contributed by atoms with Crippen molar-refractivity contribution in [1.82, 2.24) is 0 Å². The van der Waals surface area contributed by atoms with E-state index in [9.17, 15) is 0 Å². The molecular weight excluding hydrogens is 1430 g/mol. The molecule has 0 heteroatoms. The highest BCUT2D eigenvalue weighted by Gasteiger charge is 2.23. The first-order valence-electron chi connectivity index (χ1n) is 41.2. The van der Waals surface area contributed by atoms with Crippen molar-refractivity contribution in [3.05, 3.63) is 473 Å². The van der Waals surface area contributed by atoms with Crippen LogP contribution in [0.4, 0.5) is 0 Å². The van der Waals surface area contributed by atoms with Crippen molar-refractivity contribution in [2.45, 2.75) is 6.92 Å². The third kappa shape index (κ3) is 13.6. The Morgan fingerprint density at radius 1 is 0.101 bits per heavy atom. The van der Waals surface area contributed by atoms with E-state index >= 15 is 0 Å². The smallest absolute Gasteiger partial charge is 0.00259 e. The summed E-state index contributed by atoms with van der Waals surface area (Å²) in [5.74, 6) is 0. The Kier molecular flexibility index (Phi) is 18.7. The molecule has 0 aromatic heterocycles. The summed E-state index contributed by atoms with van der Waals surface area (Å²) in [5, 5.41) is 25.5. The summed E-state index contributed by atoms with van der Waals surface area (Å²) in [4.78, 5) is 0. The van der Waals surface area contributed by atoms with Gasteiger partial charge in [-0.1, -0.05) is 412 Å². The van der Waals surface area contributed by atoms with Gasteiger partial charge < -0.3 is 0 Å². The second-order valence-corrected chi connectivity index (χ2v) is 31.3. The Balaban J connectivity index is 0.000000114. The lowest BCUT2D eigenvalue weighted by atomic mass is 9.83. The first kappa shape index (κ1) is 71.4. The van der Waals surface area contributed by atoms with Gasteiger partial charge in [0.25, 0.3) is 0 Å². The lowest BCUT2D eigenvalue weighted by Gasteiger charge is -2.20. The Hall–Kier alpha value is -15.3. The molecule has 23 rings (SSSR count). The fourth-order valence-electron chi connectivity index (χ4n) is 18.5. The number of fused-ring (bicyclic) bond motifs is 10. The zero-order valence-electron chi connectivity index (χ0n) is 66.0. The van der Waals surface area contributed by atoms with E-state index in [4.69, 9.17) is 0 Å². The topological polar surface area (TPSA) is 0 Å². The van der Waals surface area contributed by atoms with Crippen LogP contribution in [0.25, 0.3) is 219 Å². The third-order valence-corrected chi connectivity index (χ3v) is 24.1. The molecule has 0 fully saturated rings. The molecule has 0 unspecified atom stereocenters. The van der Waals surface area contributed by atoms with Crippen molar-refractivity contribution in [3.8, 4) is 111 Å². The summed E-state index contributed by atoms with van der Waals surface area (Å²) in [6.07, 6.45) is 0. The van der Waals surface area contributed by atoms with Crippen LogP contribution in [0.3, 0.4) is 0 Å². The molecule has 0 saturated carbocycles. The number of rotatable bonds is 10. The maximum absolute atomic E-state index is 2.37. The van der Waals surface area contributed by atoms with E-state index in [0.717, 1.165) is 0 Å². The van der Waals surface area contributed by atoms with Gasteiger partial charge in [0.15, 0.2) is 0 Å². The van der Waals surface area contributed by atoms with Gasteiger partial charge in [0.05, 0.1) is 0 Å². The Morgan fingerprint density at radius 3 is 0.529 bits per heavy atom. The molecule has 23 aromatic carbocycles. The average Bonchev–Trinajstić information content (AvgIpc) is 0.739. The molecular formula is C119H80. The van der Waals surface area contributed by atoms with E-state index in [2.05, 4.69) is 474 Å². The predicted octanol–water partition coefficient (Wildman–Crippen LogP) is 33.6. The van der Waals surface area contributed by atoms with Crippen LogP contribution in [0.1, 0.15) is 5.56 Å². The molecule has 0 nitrogen and oxygen atoms in total. The van der Waals surface area contributed by atoms with Crippen molar-refractivity contribution in [2.75, 3.05) is 0 Å². The lowest BCUT2D eigenvalue weighted by molar-refractivity contribution is 1.51. The number of hydrogen-bond donors (Lipinski definition) is 0. The first-order valence-corrected chi connectivity index (χ1v) is 41.2. The van der Waals surface area contributed by atoms with Crippen LogP contribution in [0.2, 0.25) is 0 Å². The second-order valence-electron chi connectivity index (χ2n) is 31.3. The molecule has 0 aliphatic heterocycles. The third-order valence-electron chi connectivity index (χ3n) is 24.1. The van der Waals surface area contributed by atoms with E-state index in [1.807, 2.05) is 0 Å². The average molecular weight is 1510 g/mol. The molecule has 0 aliphatic rings. The van der Waals surface area contributed by atoms with E-state index in [0.29, 0.717) is 0 Å². The standard InChI is InChI=1S/C50H34.C35H24.C34H22/c1-5-17-35(18-6-1)39-29-40(36-19-7-2-8-20-36)32-43(31-39)49-45-25-13-15-27-47(45)50(48-28-16-14-26-46(48)49)44-33-41(37-21-9-3-10-22-37)30-42(34-44)38-23-11-4-12-24-38;1-23-14-19-32-33(20-23)35(29-18-16-25-9-3-5-11-27(25)22-29)31-13-7-6-12-30(31)34(32)28-17-15-24-8-2-4-10-26(24)21-28;1-3-11-25-21-27(19-17-23(25)9-1)33-29-13-5-7-15-31(29)34(32-16-8-6-14-30(32)33)28-20-18-24-10-2-4-12-26(24)22-28/h1-34H;2-22H,1H3;1-22H. The molecule has 0 atom stereocenters. The second kappa shape index (κ2) is 31.1. The fraction of sp³-hybridized carbons (Fsp3) is 0.00840. The van der Waals surface area contributed by atoms with Crippen LogP contribution in [0.5, 0.6) is 0 Å². The van der Waals surface area contributed by atoms with Crippen molar-refractivity contribution < 1.29 is 0 Å². The Labute approximate surface area is 693 Å². The van der Waals surface area contributed by atoms with E-state index in [-0.39, 0.29) is 0 Å². The van der Waals surface area contributed by atoms with Crippen LogP contribution in [0, 0.1) is 6.92 Å². The summed E-state index contributed by atoms with van der Waals surface area (Å²) >= 11 is 0. The lowest BCUT2D eigenvalue weighted by Crippen LogP contribution is -1.93. The number of benzene rings is 23. The molecule has 0 heterocycles. The quantitative estimate of drug-likeness (QED) is 0.120. The summed E-state index contributed by atoms with van der Waals surface area (Å²) in [5.41, 5.74) is 26.2. The zero-order valence-corrected chi connectivity index (χ0v) is 66.0. The fourth-order valence-corrected chi connectivity index (χ4v) is 18.5. The molecule has 0 bridgehead atoms. The van der Waals surface area contributed by atoms with Crippen LogP contribution in [-0.4, -0.2) is 0 Å². The summed E-state index contributed by atoms with van der Waals surface area (Å²) in [6.45, 7) is 2.19. The van der Waals surface area contributed by atoms with Gasteiger partial charge in [-0.25, -0.2) is 0 Å². The van der Waals surface area contributed by atoms with Gasteiger partial charge in [-0.2, -0.15) is 0 Å². The first-order chi connectivity index (χ1) is 58.9. The minimum Gasteiger partial charge on any atom is -0.0622 e. The maximum atomic E-state index is 2.37. The molecule has 119 heavy (non-hydrogen) atoms. The molecule has 0 amide bonds. The summed E-state index contributed by atoms with van der Waals surface area (Å²) in [6, 6.07) is 170. The molecule has 0 spiro atoms. The molecule has 0 aliphatic carbocycles. The molecule has 556 valence electrons. The minimum absolute atomic E-state index is 1.21. The summed E-state index contributed by atoms with van der Waals surface area (Å²) in [7, 11) is 0. The van der Waals surface area contributed by atoms with Gasteiger partial charge in [-0.05, 0) is 287 Å². The molecule has 0 saturated heterocycles. The van der Waals surface area contributed by atoms with Crippen molar-refractivity contribution in [3.63, 3.8) is 0 Å². The van der Waals surface area contributed by atoms with Crippen LogP contribution < -0.4 is 0 Å².